The third-order valence-corrected chi connectivity index (χ3v) is 6.13. The summed E-state index contributed by atoms with van der Waals surface area (Å²) in [5, 5.41) is 0. The molecule has 1 aliphatic rings. The van der Waals surface area contributed by atoms with Crippen LogP contribution in [0.5, 0.6) is 0 Å². The van der Waals surface area contributed by atoms with E-state index in [4.69, 9.17) is 9.47 Å². The number of esters is 2. The van der Waals surface area contributed by atoms with E-state index in [1.165, 1.54) is 14.2 Å². The molecule has 36 heavy (non-hydrogen) atoms. The second kappa shape index (κ2) is 9.77. The Morgan fingerprint density at radius 2 is 1.08 bits per heavy atom. The average Bonchev–Trinajstić information content (AvgIpc) is 3.26. The van der Waals surface area contributed by atoms with Gasteiger partial charge in [0.25, 0.3) is 0 Å². The minimum Gasteiger partial charge on any atom is -0.465 e. The summed E-state index contributed by atoms with van der Waals surface area (Å²) in [7, 11) is 2.73. The zero-order chi connectivity index (χ0) is 25.1. The van der Waals surface area contributed by atoms with Crippen LogP contribution in [0.4, 0.5) is 0 Å². The summed E-state index contributed by atoms with van der Waals surface area (Å²) in [6.07, 6.45) is 0. The van der Waals surface area contributed by atoms with Gasteiger partial charge in [-0.25, -0.2) is 9.59 Å². The maximum absolute atomic E-state index is 12.4. The zero-order valence-corrected chi connectivity index (χ0v) is 19.9. The average molecular weight is 471 g/mol. The summed E-state index contributed by atoms with van der Waals surface area (Å²) in [6.45, 7) is 0. The summed E-state index contributed by atoms with van der Waals surface area (Å²) in [4.78, 5) is 24.8. The first kappa shape index (κ1) is 22.9. The molecule has 0 saturated heterocycles. The van der Waals surface area contributed by atoms with Gasteiger partial charge in [-0.05, 0) is 64.2 Å². The van der Waals surface area contributed by atoms with E-state index in [9.17, 15) is 9.59 Å². The van der Waals surface area contributed by atoms with Gasteiger partial charge in [-0.15, -0.1) is 0 Å². The van der Waals surface area contributed by atoms with E-state index in [0.717, 1.165) is 44.5 Å². The van der Waals surface area contributed by atoms with Crippen LogP contribution in [0.25, 0.3) is 22.3 Å². The van der Waals surface area contributed by atoms with Crippen molar-refractivity contribution in [2.24, 2.45) is 0 Å². The smallest absolute Gasteiger partial charge is 0.337 e. The van der Waals surface area contributed by atoms with E-state index in [1.54, 1.807) is 12.1 Å². The Bertz CT molecular complexity index is 1500. The molecule has 0 atom stereocenters. The van der Waals surface area contributed by atoms with Gasteiger partial charge in [0, 0.05) is 16.7 Å². The molecule has 0 fully saturated rings. The molecule has 0 amide bonds. The van der Waals surface area contributed by atoms with Crippen molar-refractivity contribution in [3.8, 4) is 23.0 Å². The highest BCUT2D eigenvalue weighted by molar-refractivity contribution is 6.15. The van der Waals surface area contributed by atoms with E-state index >= 15 is 0 Å². The van der Waals surface area contributed by atoms with Gasteiger partial charge in [-0.1, -0.05) is 72.5 Å². The fourth-order valence-electron chi connectivity index (χ4n) is 4.42. The number of hydrogen-bond acceptors (Lipinski definition) is 4. The molecule has 0 radical (unpaired) electrons. The molecule has 0 N–H and O–H groups in total. The molecule has 0 heterocycles. The summed E-state index contributed by atoms with van der Waals surface area (Å²) >= 11 is 0. The molecule has 0 aliphatic heterocycles. The molecule has 5 rings (SSSR count). The number of carbonyl (C=O) groups excluding carboxylic acids is 2. The maximum atomic E-state index is 12.4. The van der Waals surface area contributed by atoms with Gasteiger partial charge in [0.2, 0.25) is 0 Å². The van der Waals surface area contributed by atoms with E-state index in [2.05, 4.69) is 11.8 Å². The van der Waals surface area contributed by atoms with Crippen LogP contribution in [-0.2, 0) is 9.47 Å². The summed E-state index contributed by atoms with van der Waals surface area (Å²) in [5.41, 5.74) is 7.98. The minimum absolute atomic E-state index is 0.417. The first-order valence-corrected chi connectivity index (χ1v) is 11.4. The normalized spacial score (nSPS) is 11.0. The predicted molar refractivity (Wildman–Crippen MR) is 140 cm³/mol. The third-order valence-electron chi connectivity index (χ3n) is 6.13. The lowest BCUT2D eigenvalue weighted by atomic mass is 9.92. The zero-order valence-electron chi connectivity index (χ0n) is 19.9. The Kier molecular flexibility index (Phi) is 6.21. The van der Waals surface area contributed by atoms with Crippen LogP contribution in [0.2, 0.25) is 0 Å². The van der Waals surface area contributed by atoms with Crippen molar-refractivity contribution in [3.63, 3.8) is 0 Å². The molecular formula is C32H22O4. The highest BCUT2D eigenvalue weighted by atomic mass is 16.5. The maximum Gasteiger partial charge on any atom is 0.337 e. The molecule has 4 aromatic rings. The van der Waals surface area contributed by atoms with Gasteiger partial charge in [0.05, 0.1) is 25.3 Å². The third kappa shape index (κ3) is 4.19. The lowest BCUT2D eigenvalue weighted by Crippen LogP contribution is -2.02. The van der Waals surface area contributed by atoms with E-state index in [1.807, 2.05) is 84.9 Å². The number of fused-ring (bicyclic) bond motifs is 3. The van der Waals surface area contributed by atoms with E-state index in [-0.39, 0.29) is 0 Å². The van der Waals surface area contributed by atoms with Crippen LogP contribution in [-0.4, -0.2) is 26.2 Å². The van der Waals surface area contributed by atoms with Crippen molar-refractivity contribution in [2.45, 2.75) is 0 Å². The van der Waals surface area contributed by atoms with Gasteiger partial charge in [0.1, 0.15) is 0 Å². The number of ether oxygens (including phenoxy) is 2. The van der Waals surface area contributed by atoms with Crippen LogP contribution in [0, 0.1) is 11.8 Å². The Morgan fingerprint density at radius 1 is 0.583 bits per heavy atom. The number of methoxy groups -OCH3 is 2. The molecule has 0 aromatic heterocycles. The molecule has 0 unspecified atom stereocenters. The quantitative estimate of drug-likeness (QED) is 0.231. The van der Waals surface area contributed by atoms with Crippen LogP contribution in [0.3, 0.4) is 0 Å². The second-order valence-corrected chi connectivity index (χ2v) is 8.24. The molecular weight excluding hydrogens is 448 g/mol. The standard InChI is InChI=1S/C32H22O4/c1-35-31(33)23-14-17-26-27-18-15-24(32(34)36-2)20-29(27)30(28(26)19-23)25(22-11-7-4-8-12-22)16-13-21-9-5-3-6-10-21/h3-12,14-15,17-20H,1-2H3. The molecule has 0 bridgehead atoms. The molecule has 4 aromatic carbocycles. The van der Waals surface area contributed by atoms with Crippen molar-refractivity contribution >= 4 is 23.1 Å². The predicted octanol–water partition coefficient (Wildman–Crippen LogP) is 6.25. The number of rotatable bonds is 3. The van der Waals surface area contributed by atoms with Gasteiger partial charge in [0.15, 0.2) is 0 Å². The lowest BCUT2D eigenvalue weighted by molar-refractivity contribution is 0.0592. The molecule has 0 spiro atoms. The SMILES string of the molecule is COC(=O)c1ccc2c(c1)C(=C(C#Cc1ccccc1)c1ccccc1)c1cc(C(=O)OC)ccc1-2. The van der Waals surface area contributed by atoms with Crippen LogP contribution < -0.4 is 0 Å². The second-order valence-electron chi connectivity index (χ2n) is 8.24. The van der Waals surface area contributed by atoms with Crippen LogP contribution in [0.1, 0.15) is 43.0 Å². The van der Waals surface area contributed by atoms with E-state index in [0.29, 0.717) is 11.1 Å². The first-order valence-electron chi connectivity index (χ1n) is 11.4. The van der Waals surface area contributed by atoms with Crippen molar-refractivity contribution in [1.29, 1.82) is 0 Å². The van der Waals surface area contributed by atoms with Gasteiger partial charge in [-0.3, -0.25) is 0 Å². The van der Waals surface area contributed by atoms with Crippen LogP contribution >= 0.6 is 0 Å². The molecule has 174 valence electrons. The molecule has 4 heteroatoms. The highest BCUT2D eigenvalue weighted by Gasteiger charge is 2.28. The van der Waals surface area contributed by atoms with Gasteiger partial charge >= 0.3 is 11.9 Å². The summed E-state index contributed by atoms with van der Waals surface area (Å²) in [5.74, 6) is 5.85. The first-order chi connectivity index (χ1) is 17.6. The minimum atomic E-state index is -0.417. The molecule has 1 aliphatic carbocycles. The fourth-order valence-corrected chi connectivity index (χ4v) is 4.42. The fraction of sp³-hybridized carbons (Fsp3) is 0.0625. The Morgan fingerprint density at radius 3 is 1.58 bits per heavy atom. The lowest BCUT2D eigenvalue weighted by Gasteiger charge is -2.11. The largest absolute Gasteiger partial charge is 0.465 e. The number of carbonyl (C=O) groups is 2. The van der Waals surface area contributed by atoms with Crippen molar-refractivity contribution < 1.29 is 19.1 Å². The Hall–Kier alpha value is -4.88. The summed E-state index contributed by atoms with van der Waals surface area (Å²) in [6, 6.07) is 30.7. The number of benzene rings is 4. The molecule has 4 nitrogen and oxygen atoms in total. The van der Waals surface area contributed by atoms with Gasteiger partial charge < -0.3 is 9.47 Å². The van der Waals surface area contributed by atoms with Crippen molar-refractivity contribution in [1.82, 2.24) is 0 Å². The number of allylic oxidation sites excluding steroid dienone is 1. The highest BCUT2D eigenvalue weighted by Crippen LogP contribution is 2.48. The Balaban J connectivity index is 1.85. The molecule has 0 saturated carbocycles. The number of hydrogen-bond donors (Lipinski definition) is 0. The van der Waals surface area contributed by atoms with Crippen molar-refractivity contribution in [3.05, 3.63) is 130 Å². The summed E-state index contributed by atoms with van der Waals surface area (Å²) < 4.78 is 9.96. The monoisotopic (exact) mass is 470 g/mol. The van der Waals surface area contributed by atoms with E-state index < -0.39 is 11.9 Å². The topological polar surface area (TPSA) is 52.6 Å². The van der Waals surface area contributed by atoms with Crippen LogP contribution in [0.15, 0.2) is 97.1 Å². The van der Waals surface area contributed by atoms with Crippen molar-refractivity contribution in [2.75, 3.05) is 14.2 Å². The Labute approximate surface area is 209 Å². The van der Waals surface area contributed by atoms with Gasteiger partial charge in [-0.2, -0.15) is 0 Å².